The first-order chi connectivity index (χ1) is 16.5. The maximum atomic E-state index is 13.6. The van der Waals surface area contributed by atoms with Gasteiger partial charge < -0.3 is 14.6 Å². The highest BCUT2D eigenvalue weighted by Gasteiger charge is 2.70. The molecule has 0 heterocycles. The van der Waals surface area contributed by atoms with Crippen molar-refractivity contribution in [3.05, 3.63) is 23.8 Å². The fourth-order valence-electron chi connectivity index (χ4n) is 7.85. The summed E-state index contributed by atoms with van der Waals surface area (Å²) in [5, 5.41) is 11.6. The van der Waals surface area contributed by atoms with Crippen LogP contribution in [-0.2, 0) is 28.7 Å². The summed E-state index contributed by atoms with van der Waals surface area (Å²) in [5.74, 6) is -1.31. The molecule has 192 valence electrons. The molecule has 0 radical (unpaired) electrons. The molecule has 3 fully saturated rings. The lowest BCUT2D eigenvalue weighted by atomic mass is 9.46. The van der Waals surface area contributed by atoms with E-state index in [1.807, 2.05) is 19.9 Å². The van der Waals surface area contributed by atoms with Crippen LogP contribution in [0.15, 0.2) is 23.8 Å². The van der Waals surface area contributed by atoms with Crippen molar-refractivity contribution in [2.75, 3.05) is 6.61 Å². The van der Waals surface area contributed by atoms with Crippen molar-refractivity contribution >= 4 is 23.5 Å². The Bertz CT molecular complexity index is 980. The Balaban J connectivity index is 1.70. The number of ketones is 2. The molecule has 0 amide bonds. The highest BCUT2D eigenvalue weighted by molar-refractivity contribution is 6.01. The van der Waals surface area contributed by atoms with Gasteiger partial charge in [-0.1, -0.05) is 38.8 Å². The maximum Gasteiger partial charge on any atom is 0.306 e. The van der Waals surface area contributed by atoms with Gasteiger partial charge in [0.25, 0.3) is 0 Å². The van der Waals surface area contributed by atoms with Crippen LogP contribution in [0.25, 0.3) is 0 Å². The number of unbranched alkanes of at least 4 members (excludes halogenated alkanes) is 1. The van der Waals surface area contributed by atoms with Gasteiger partial charge in [-0.15, -0.1) is 0 Å². The number of allylic oxidation sites excluding steroid dienone is 4. The van der Waals surface area contributed by atoms with Crippen LogP contribution in [0.4, 0.5) is 0 Å². The fourth-order valence-corrected chi connectivity index (χ4v) is 7.85. The van der Waals surface area contributed by atoms with Gasteiger partial charge in [0, 0.05) is 30.1 Å². The molecule has 1 N–H and O–H groups in total. The molecule has 0 aromatic carbocycles. The summed E-state index contributed by atoms with van der Waals surface area (Å²) in [5.41, 5.74) is -1.56. The SMILES string of the molecule is CCCCC(=O)O[C@@]1(C(=O)COC(C)=O)CCC2C3CCC4=CC(=O)C=C[C@@]4(C)C3C(O)C[C@]21C. The minimum absolute atomic E-state index is 0.0130. The van der Waals surface area contributed by atoms with Crippen molar-refractivity contribution in [3.8, 4) is 0 Å². The molecule has 4 unspecified atom stereocenters. The van der Waals surface area contributed by atoms with Crippen LogP contribution in [0, 0.1) is 28.6 Å². The number of Topliss-reactive ketones (excluding diaryl/α,β-unsaturated/α-hetero) is 1. The molecule has 7 atom stereocenters. The van der Waals surface area contributed by atoms with Crippen LogP contribution >= 0.6 is 0 Å². The number of ether oxygens (including phenoxy) is 2. The number of hydrogen-bond acceptors (Lipinski definition) is 7. The average Bonchev–Trinajstić information content (AvgIpc) is 3.08. The van der Waals surface area contributed by atoms with Crippen molar-refractivity contribution in [3.63, 3.8) is 0 Å². The van der Waals surface area contributed by atoms with E-state index in [4.69, 9.17) is 9.47 Å². The van der Waals surface area contributed by atoms with Crippen molar-refractivity contribution in [2.24, 2.45) is 28.6 Å². The van der Waals surface area contributed by atoms with Gasteiger partial charge in [0.15, 0.2) is 18.0 Å². The molecule has 4 aliphatic carbocycles. The third-order valence-electron chi connectivity index (χ3n) is 9.50. The molecular weight excluding hydrogens is 448 g/mol. The fraction of sp³-hybridized carbons (Fsp3) is 0.714. The zero-order valence-electron chi connectivity index (χ0n) is 21.3. The van der Waals surface area contributed by atoms with Crippen LogP contribution in [-0.4, -0.2) is 46.9 Å². The topological polar surface area (TPSA) is 107 Å². The molecule has 0 saturated heterocycles. The Hall–Kier alpha value is -2.28. The first-order valence-electron chi connectivity index (χ1n) is 13.0. The highest BCUT2D eigenvalue weighted by atomic mass is 16.6. The molecule has 35 heavy (non-hydrogen) atoms. The highest BCUT2D eigenvalue weighted by Crippen LogP contribution is 2.67. The Morgan fingerprint density at radius 3 is 2.63 bits per heavy atom. The number of rotatable bonds is 7. The summed E-state index contributed by atoms with van der Waals surface area (Å²) < 4.78 is 11.1. The largest absolute Gasteiger partial charge is 0.458 e. The Morgan fingerprint density at radius 1 is 1.20 bits per heavy atom. The second kappa shape index (κ2) is 9.30. The summed E-state index contributed by atoms with van der Waals surface area (Å²) in [7, 11) is 0. The molecule has 4 rings (SSSR count). The zero-order chi connectivity index (χ0) is 25.6. The molecule has 3 saturated carbocycles. The van der Waals surface area contributed by atoms with Gasteiger partial charge in [0.2, 0.25) is 5.78 Å². The molecule has 7 heteroatoms. The number of fused-ring (bicyclic) bond motifs is 5. The maximum absolute atomic E-state index is 13.6. The smallest absolute Gasteiger partial charge is 0.306 e. The number of hydrogen-bond donors (Lipinski definition) is 1. The quantitative estimate of drug-likeness (QED) is 0.544. The summed E-state index contributed by atoms with van der Waals surface area (Å²) >= 11 is 0. The number of carbonyl (C=O) groups is 4. The summed E-state index contributed by atoms with van der Waals surface area (Å²) in [4.78, 5) is 50.0. The molecule has 4 aliphatic rings. The van der Waals surface area contributed by atoms with E-state index in [2.05, 4.69) is 6.92 Å². The van der Waals surface area contributed by atoms with Gasteiger partial charge in [-0.3, -0.25) is 19.2 Å². The molecule has 0 bridgehead atoms. The lowest BCUT2D eigenvalue weighted by Gasteiger charge is -2.59. The third kappa shape index (κ3) is 4.09. The van der Waals surface area contributed by atoms with E-state index in [1.54, 1.807) is 12.2 Å². The van der Waals surface area contributed by atoms with E-state index in [-0.39, 0.29) is 30.0 Å². The van der Waals surface area contributed by atoms with Gasteiger partial charge in [-0.25, -0.2) is 0 Å². The lowest BCUT2D eigenvalue weighted by molar-refractivity contribution is -0.201. The standard InChI is InChI=1S/C28H38O7/c1-5-6-7-24(33)35-28(23(32)16-34-17(2)29)13-11-21-20-9-8-18-14-19(30)10-12-26(18,3)25(20)22(31)15-27(21,28)4/h10,12,14,20-22,25,31H,5-9,11,13,15-16H2,1-4H3/t20?,21?,22?,25?,26-,27-,28-/m1/s1. The van der Waals surface area contributed by atoms with Crippen LogP contribution in [0.5, 0.6) is 0 Å². The second-order valence-electron chi connectivity index (χ2n) is 11.4. The van der Waals surface area contributed by atoms with Crippen LogP contribution in [0.2, 0.25) is 0 Å². The second-order valence-corrected chi connectivity index (χ2v) is 11.4. The van der Waals surface area contributed by atoms with Crippen molar-refractivity contribution in [2.45, 2.75) is 90.8 Å². The first-order valence-corrected chi connectivity index (χ1v) is 13.0. The van der Waals surface area contributed by atoms with E-state index < -0.39 is 46.9 Å². The van der Waals surface area contributed by atoms with Crippen LogP contribution in [0.1, 0.15) is 79.1 Å². The molecule has 0 spiro atoms. The van der Waals surface area contributed by atoms with E-state index in [0.717, 1.165) is 24.8 Å². The van der Waals surface area contributed by atoms with Crippen LogP contribution < -0.4 is 0 Å². The number of esters is 2. The zero-order valence-corrected chi connectivity index (χ0v) is 21.3. The summed E-state index contributed by atoms with van der Waals surface area (Å²) in [6.07, 6.45) is 9.17. The molecule has 0 aromatic heterocycles. The average molecular weight is 487 g/mol. The Kier molecular flexibility index (Phi) is 6.86. The molecule has 0 aliphatic heterocycles. The predicted molar refractivity (Wildman–Crippen MR) is 128 cm³/mol. The van der Waals surface area contributed by atoms with E-state index in [1.165, 1.54) is 6.92 Å². The van der Waals surface area contributed by atoms with Gasteiger partial charge in [0.05, 0.1) is 6.10 Å². The van der Waals surface area contributed by atoms with Gasteiger partial charge >= 0.3 is 11.9 Å². The lowest BCUT2D eigenvalue weighted by Crippen LogP contribution is -2.63. The van der Waals surface area contributed by atoms with Crippen molar-refractivity contribution in [1.29, 1.82) is 0 Å². The van der Waals surface area contributed by atoms with E-state index in [0.29, 0.717) is 25.7 Å². The van der Waals surface area contributed by atoms with Gasteiger partial charge in [-0.05, 0) is 62.5 Å². The van der Waals surface area contributed by atoms with Gasteiger partial charge in [0.1, 0.15) is 0 Å². The molecular formula is C28H38O7. The molecule has 0 aromatic rings. The minimum atomic E-state index is -1.43. The van der Waals surface area contributed by atoms with Crippen molar-refractivity contribution < 1.29 is 33.8 Å². The monoisotopic (exact) mass is 486 g/mol. The summed E-state index contributed by atoms with van der Waals surface area (Å²) in [6.45, 7) is 6.86. The predicted octanol–water partition coefficient (Wildman–Crippen LogP) is 3.87. The number of aliphatic hydroxyl groups is 1. The molecule has 7 nitrogen and oxygen atoms in total. The third-order valence-corrected chi connectivity index (χ3v) is 9.50. The van der Waals surface area contributed by atoms with Crippen molar-refractivity contribution in [1.82, 2.24) is 0 Å². The van der Waals surface area contributed by atoms with E-state index in [9.17, 15) is 24.3 Å². The minimum Gasteiger partial charge on any atom is -0.458 e. The normalized spacial score (nSPS) is 39.7. The number of aliphatic hydroxyl groups excluding tert-OH is 1. The summed E-state index contributed by atoms with van der Waals surface area (Å²) in [6, 6.07) is 0. The van der Waals surface area contributed by atoms with E-state index >= 15 is 0 Å². The van der Waals surface area contributed by atoms with Gasteiger partial charge in [-0.2, -0.15) is 0 Å². The Morgan fingerprint density at radius 2 is 1.94 bits per heavy atom. The Labute approximate surface area is 207 Å². The number of carbonyl (C=O) groups excluding carboxylic acids is 4. The van der Waals surface area contributed by atoms with Crippen LogP contribution in [0.3, 0.4) is 0 Å². The first kappa shape index (κ1) is 25.8.